The van der Waals surface area contributed by atoms with Gasteiger partial charge in [0.05, 0.1) is 19.0 Å². The number of rotatable bonds is 5. The van der Waals surface area contributed by atoms with E-state index < -0.39 is 5.91 Å². The lowest BCUT2D eigenvalue weighted by Crippen LogP contribution is -2.21. The molecule has 2 aromatic carbocycles. The molecule has 0 fully saturated rings. The van der Waals surface area contributed by atoms with Crippen LogP contribution in [0.4, 0.5) is 11.5 Å². The van der Waals surface area contributed by atoms with Gasteiger partial charge in [-0.2, -0.15) is 0 Å². The number of carbonyl (C=O) groups is 2. The van der Waals surface area contributed by atoms with Crippen molar-refractivity contribution in [3.63, 3.8) is 0 Å². The van der Waals surface area contributed by atoms with E-state index in [9.17, 15) is 9.59 Å². The minimum atomic E-state index is -0.421. The third kappa shape index (κ3) is 4.07. The van der Waals surface area contributed by atoms with Crippen LogP contribution in [0.1, 0.15) is 20.8 Å². The van der Waals surface area contributed by atoms with Gasteiger partial charge in [0.2, 0.25) is 0 Å². The summed E-state index contributed by atoms with van der Waals surface area (Å²) in [6.07, 6.45) is 1.48. The summed E-state index contributed by atoms with van der Waals surface area (Å²) in [6, 6.07) is 13.9. The Hall–Kier alpha value is -3.94. The molecule has 8 nitrogen and oxygen atoms in total. The topological polar surface area (TPSA) is 119 Å². The first-order valence-electron chi connectivity index (χ1n) is 8.42. The average Bonchev–Trinajstić information content (AvgIpc) is 2.73. The number of hydrogen-bond acceptors (Lipinski definition) is 6. The van der Waals surface area contributed by atoms with Gasteiger partial charge in [0.1, 0.15) is 5.75 Å². The first-order valence-corrected chi connectivity index (χ1v) is 8.42. The van der Waals surface area contributed by atoms with Crippen LogP contribution in [0.3, 0.4) is 0 Å². The van der Waals surface area contributed by atoms with Crippen molar-refractivity contribution in [3.05, 3.63) is 66.0 Å². The molecular formula is C20H19N5O3. The molecule has 0 radical (unpaired) electrons. The fraction of sp³-hybridized carbons (Fsp3) is 0.100. The smallest absolute Gasteiger partial charge is 0.273 e. The number of hydrogen-bond donors (Lipinski definition) is 3. The Bertz CT molecular complexity index is 1020. The second kappa shape index (κ2) is 8.17. The summed E-state index contributed by atoms with van der Waals surface area (Å²) in [5.74, 6) is 0.0458. The lowest BCUT2D eigenvalue weighted by atomic mass is 10.1. The Kier molecular flexibility index (Phi) is 5.50. The molecule has 1 heterocycles. The van der Waals surface area contributed by atoms with Gasteiger partial charge in [-0.1, -0.05) is 12.1 Å². The van der Waals surface area contributed by atoms with Gasteiger partial charge in [-0.05, 0) is 36.4 Å². The molecule has 0 aliphatic carbocycles. The van der Waals surface area contributed by atoms with E-state index in [2.05, 4.69) is 20.6 Å². The third-order valence-corrected chi connectivity index (χ3v) is 4.01. The molecule has 1 aromatic heterocycles. The molecule has 0 saturated carbocycles. The molecule has 2 amide bonds. The number of nitrogens with zero attached hydrogens (tertiary/aromatic N) is 2. The zero-order valence-electron chi connectivity index (χ0n) is 15.4. The van der Waals surface area contributed by atoms with Crippen molar-refractivity contribution in [1.29, 1.82) is 0 Å². The Morgan fingerprint density at radius 2 is 1.82 bits per heavy atom. The summed E-state index contributed by atoms with van der Waals surface area (Å²) < 4.78 is 5.09. The molecule has 0 saturated heterocycles. The molecule has 0 bridgehead atoms. The van der Waals surface area contributed by atoms with Crippen molar-refractivity contribution in [2.24, 2.45) is 0 Å². The zero-order valence-corrected chi connectivity index (χ0v) is 15.4. The van der Waals surface area contributed by atoms with Crippen molar-refractivity contribution in [2.45, 2.75) is 0 Å². The predicted molar refractivity (Wildman–Crippen MR) is 106 cm³/mol. The van der Waals surface area contributed by atoms with Crippen molar-refractivity contribution >= 4 is 23.3 Å². The molecule has 0 aliphatic heterocycles. The number of anilines is 2. The Labute approximate surface area is 161 Å². The normalized spacial score (nSPS) is 10.2. The van der Waals surface area contributed by atoms with E-state index in [0.29, 0.717) is 28.3 Å². The van der Waals surface area contributed by atoms with Gasteiger partial charge >= 0.3 is 0 Å². The largest absolute Gasteiger partial charge is 0.497 e. The van der Waals surface area contributed by atoms with Crippen LogP contribution in [0.2, 0.25) is 0 Å². The number of nitrogens with two attached hydrogens (primary N) is 1. The Morgan fingerprint density at radius 1 is 1.07 bits per heavy atom. The second-order valence-corrected chi connectivity index (χ2v) is 5.83. The average molecular weight is 377 g/mol. The van der Waals surface area contributed by atoms with Crippen LogP contribution in [-0.2, 0) is 0 Å². The van der Waals surface area contributed by atoms with E-state index >= 15 is 0 Å². The van der Waals surface area contributed by atoms with E-state index in [4.69, 9.17) is 10.5 Å². The van der Waals surface area contributed by atoms with Crippen molar-refractivity contribution in [2.75, 3.05) is 25.2 Å². The molecule has 3 aromatic rings. The van der Waals surface area contributed by atoms with Crippen molar-refractivity contribution in [1.82, 2.24) is 15.3 Å². The van der Waals surface area contributed by atoms with Gasteiger partial charge in [0, 0.05) is 23.9 Å². The van der Waals surface area contributed by atoms with Gasteiger partial charge in [0.15, 0.2) is 11.5 Å². The number of aromatic nitrogens is 2. The number of methoxy groups -OCH3 is 1. The van der Waals surface area contributed by atoms with E-state index in [1.54, 1.807) is 55.6 Å². The first-order chi connectivity index (χ1) is 13.5. The van der Waals surface area contributed by atoms with E-state index in [1.807, 2.05) is 0 Å². The summed E-state index contributed by atoms with van der Waals surface area (Å²) in [6.45, 7) is 0. The molecule has 8 heteroatoms. The van der Waals surface area contributed by atoms with Crippen LogP contribution < -0.4 is 21.1 Å². The minimum absolute atomic E-state index is 0.0482. The highest BCUT2D eigenvalue weighted by Gasteiger charge is 2.14. The van der Waals surface area contributed by atoms with Gasteiger partial charge in [-0.15, -0.1) is 0 Å². The highest BCUT2D eigenvalue weighted by Crippen LogP contribution is 2.22. The highest BCUT2D eigenvalue weighted by molar-refractivity contribution is 6.04. The summed E-state index contributed by atoms with van der Waals surface area (Å²) >= 11 is 0. The maximum Gasteiger partial charge on any atom is 0.273 e. The lowest BCUT2D eigenvalue weighted by molar-refractivity contribution is 0.0958. The summed E-state index contributed by atoms with van der Waals surface area (Å²) in [7, 11) is 3.06. The van der Waals surface area contributed by atoms with E-state index in [0.717, 1.165) is 0 Å². The van der Waals surface area contributed by atoms with Gasteiger partial charge < -0.3 is 21.1 Å². The first kappa shape index (κ1) is 18.8. The maximum absolute atomic E-state index is 12.4. The molecular weight excluding hydrogens is 358 g/mol. The monoisotopic (exact) mass is 377 g/mol. The van der Waals surface area contributed by atoms with Crippen molar-refractivity contribution in [3.8, 4) is 17.0 Å². The molecule has 0 atom stereocenters. The van der Waals surface area contributed by atoms with Crippen LogP contribution in [0.15, 0.2) is 54.7 Å². The molecule has 0 aliphatic rings. The Morgan fingerprint density at radius 3 is 2.50 bits per heavy atom. The summed E-state index contributed by atoms with van der Waals surface area (Å²) in [4.78, 5) is 32.6. The fourth-order valence-corrected chi connectivity index (χ4v) is 2.52. The lowest BCUT2D eigenvalue weighted by Gasteiger charge is -2.09. The predicted octanol–water partition coefficient (Wildman–Crippen LogP) is 2.35. The molecule has 3 rings (SSSR count). The SMILES string of the molecule is CNC(=O)c1nc(-c2cccc(NC(=O)c3ccc(OC)cc3)c2)cnc1N. The van der Waals surface area contributed by atoms with Crippen LogP contribution in [-0.4, -0.2) is 35.9 Å². The number of nitrogen functional groups attached to an aromatic ring is 1. The molecule has 28 heavy (non-hydrogen) atoms. The van der Waals surface area contributed by atoms with Gasteiger partial charge in [-0.25, -0.2) is 9.97 Å². The third-order valence-electron chi connectivity index (χ3n) is 4.01. The van der Waals surface area contributed by atoms with Crippen molar-refractivity contribution < 1.29 is 14.3 Å². The molecule has 0 unspecified atom stereocenters. The molecule has 142 valence electrons. The van der Waals surface area contributed by atoms with Crippen LogP contribution in [0, 0.1) is 0 Å². The number of nitrogens with one attached hydrogen (secondary N) is 2. The fourth-order valence-electron chi connectivity index (χ4n) is 2.52. The van der Waals surface area contributed by atoms with Gasteiger partial charge in [-0.3, -0.25) is 9.59 Å². The number of carbonyl (C=O) groups excluding carboxylic acids is 2. The van der Waals surface area contributed by atoms with E-state index in [1.165, 1.54) is 13.2 Å². The number of benzene rings is 2. The molecule has 4 N–H and O–H groups in total. The van der Waals surface area contributed by atoms with Crippen LogP contribution in [0.25, 0.3) is 11.3 Å². The summed E-state index contributed by atoms with van der Waals surface area (Å²) in [5, 5.41) is 5.31. The number of amides is 2. The number of ether oxygens (including phenoxy) is 1. The Balaban J connectivity index is 1.84. The van der Waals surface area contributed by atoms with Gasteiger partial charge in [0.25, 0.3) is 11.8 Å². The summed E-state index contributed by atoms with van der Waals surface area (Å²) in [5.41, 5.74) is 8.01. The standard InChI is InChI=1S/C20H19N5O3/c1-22-20(27)17-18(21)23-11-16(25-17)13-4-3-5-14(10-13)24-19(26)12-6-8-15(28-2)9-7-12/h3-11H,1-2H3,(H2,21,23)(H,22,27)(H,24,26). The molecule has 0 spiro atoms. The minimum Gasteiger partial charge on any atom is -0.497 e. The van der Waals surface area contributed by atoms with Crippen LogP contribution in [0.5, 0.6) is 5.75 Å². The van der Waals surface area contributed by atoms with Crippen LogP contribution >= 0.6 is 0 Å². The zero-order chi connectivity index (χ0) is 20.1. The highest BCUT2D eigenvalue weighted by atomic mass is 16.5. The quantitative estimate of drug-likeness (QED) is 0.628. The second-order valence-electron chi connectivity index (χ2n) is 5.83. The van der Waals surface area contributed by atoms with E-state index in [-0.39, 0.29) is 17.4 Å². The maximum atomic E-state index is 12.4.